The van der Waals surface area contributed by atoms with Crippen LogP contribution in [0.3, 0.4) is 0 Å². The second kappa shape index (κ2) is 3.70. The zero-order valence-corrected chi connectivity index (χ0v) is 7.70. The lowest BCUT2D eigenvalue weighted by Crippen LogP contribution is -2.35. The summed E-state index contributed by atoms with van der Waals surface area (Å²) in [5.74, 6) is -1.22. The highest BCUT2D eigenvalue weighted by molar-refractivity contribution is 6.06. The third-order valence-corrected chi connectivity index (χ3v) is 2.14. The maximum atomic E-state index is 10.6. The summed E-state index contributed by atoms with van der Waals surface area (Å²) in [6.07, 6.45) is -2.52. The van der Waals surface area contributed by atoms with E-state index >= 15 is 0 Å². The number of carboxylic acid groups (broad SMARTS) is 1. The van der Waals surface area contributed by atoms with Crippen LogP contribution >= 0.6 is 0 Å². The molecule has 5 nitrogen and oxygen atoms in total. The average Bonchev–Trinajstić information content (AvgIpc) is 2.61. The molecular weight excluding hydrogens is 198 g/mol. The summed E-state index contributed by atoms with van der Waals surface area (Å²) in [4.78, 5) is 15.3. The van der Waals surface area contributed by atoms with Crippen molar-refractivity contribution in [1.82, 2.24) is 0 Å². The molecule has 2 atom stereocenters. The number of aliphatic hydroxyl groups is 1. The van der Waals surface area contributed by atoms with Gasteiger partial charge in [-0.1, -0.05) is 35.5 Å². The lowest BCUT2D eigenvalue weighted by atomic mass is 10.0. The molecule has 0 radical (unpaired) electrons. The van der Waals surface area contributed by atoms with Gasteiger partial charge in [0.2, 0.25) is 0 Å². The fourth-order valence-corrected chi connectivity index (χ4v) is 1.38. The van der Waals surface area contributed by atoms with E-state index < -0.39 is 18.2 Å². The summed E-state index contributed by atoms with van der Waals surface area (Å²) in [5, 5.41) is 21.9. The smallest absolute Gasteiger partial charge is 0.351 e. The molecule has 0 aliphatic carbocycles. The number of benzene rings is 1. The molecule has 2 rings (SSSR count). The fraction of sp³-hybridized carbons (Fsp3) is 0.200. The molecule has 78 valence electrons. The van der Waals surface area contributed by atoms with Crippen LogP contribution < -0.4 is 0 Å². The van der Waals surface area contributed by atoms with Crippen molar-refractivity contribution in [3.05, 3.63) is 35.9 Å². The number of carboxylic acids is 1. The minimum absolute atomic E-state index is 0.253. The van der Waals surface area contributed by atoms with Crippen LogP contribution in [-0.2, 0) is 9.63 Å². The third kappa shape index (κ3) is 1.69. The Labute approximate surface area is 85.6 Å². The third-order valence-electron chi connectivity index (χ3n) is 2.14. The zero-order valence-electron chi connectivity index (χ0n) is 7.70. The molecule has 1 aromatic carbocycles. The first-order chi connectivity index (χ1) is 7.20. The van der Waals surface area contributed by atoms with Crippen LogP contribution in [0.4, 0.5) is 0 Å². The van der Waals surface area contributed by atoms with E-state index in [-0.39, 0.29) is 5.71 Å². The molecule has 1 aliphatic rings. The molecule has 0 bridgehead atoms. The molecule has 1 aliphatic heterocycles. The number of hydrogen-bond donors (Lipinski definition) is 2. The van der Waals surface area contributed by atoms with E-state index in [9.17, 15) is 9.90 Å². The van der Waals surface area contributed by atoms with Crippen molar-refractivity contribution in [2.75, 3.05) is 0 Å². The largest absolute Gasteiger partial charge is 0.478 e. The molecular formula is C10H9NO4. The van der Waals surface area contributed by atoms with Gasteiger partial charge in [0.05, 0.1) is 0 Å². The van der Waals surface area contributed by atoms with Gasteiger partial charge in [-0.25, -0.2) is 4.79 Å². The van der Waals surface area contributed by atoms with Crippen LogP contribution in [0.2, 0.25) is 0 Å². The Morgan fingerprint density at radius 2 is 2.00 bits per heavy atom. The zero-order chi connectivity index (χ0) is 10.8. The summed E-state index contributed by atoms with van der Waals surface area (Å²) < 4.78 is 0. The van der Waals surface area contributed by atoms with Gasteiger partial charge in [0.25, 0.3) is 6.10 Å². The molecule has 0 saturated carbocycles. The Bertz CT molecular complexity index is 401. The maximum absolute atomic E-state index is 10.6. The van der Waals surface area contributed by atoms with Crippen LogP contribution in [-0.4, -0.2) is 34.1 Å². The standard InChI is InChI=1S/C10H9NO4/c12-8-7(6-4-2-1-3-5-6)11-15-9(8)10(13)14/h1-5,8-9,12H,(H,13,14)/t8-,9-/m1/s1. The van der Waals surface area contributed by atoms with Crippen molar-refractivity contribution < 1.29 is 19.8 Å². The molecule has 0 saturated heterocycles. The molecule has 1 aromatic rings. The predicted octanol–water partition coefficient (Wildman–Crippen LogP) is 0.235. The van der Waals surface area contributed by atoms with E-state index in [1.807, 2.05) is 6.07 Å². The van der Waals surface area contributed by atoms with Gasteiger partial charge in [0.15, 0.2) is 6.10 Å². The monoisotopic (exact) mass is 207 g/mol. The maximum Gasteiger partial charge on any atom is 0.351 e. The highest BCUT2D eigenvalue weighted by Crippen LogP contribution is 2.17. The van der Waals surface area contributed by atoms with Crippen LogP contribution in [0.15, 0.2) is 35.5 Å². The Morgan fingerprint density at radius 3 is 2.53 bits per heavy atom. The minimum atomic E-state index is -1.31. The second-order valence-corrected chi connectivity index (χ2v) is 3.15. The van der Waals surface area contributed by atoms with Crippen LogP contribution in [0.25, 0.3) is 0 Å². The molecule has 0 amide bonds. The Morgan fingerprint density at radius 1 is 1.33 bits per heavy atom. The average molecular weight is 207 g/mol. The fourth-order valence-electron chi connectivity index (χ4n) is 1.38. The summed E-state index contributed by atoms with van der Waals surface area (Å²) in [5.41, 5.74) is 0.914. The van der Waals surface area contributed by atoms with Crippen molar-refractivity contribution in [2.24, 2.45) is 5.16 Å². The summed E-state index contributed by atoms with van der Waals surface area (Å²) >= 11 is 0. The van der Waals surface area contributed by atoms with Crippen molar-refractivity contribution in [2.45, 2.75) is 12.2 Å². The van der Waals surface area contributed by atoms with E-state index in [0.717, 1.165) is 0 Å². The lowest BCUT2D eigenvalue weighted by molar-refractivity contribution is -0.152. The van der Waals surface area contributed by atoms with E-state index in [0.29, 0.717) is 5.56 Å². The molecule has 0 fully saturated rings. The van der Waals surface area contributed by atoms with Gasteiger partial charge in [0.1, 0.15) is 5.71 Å². The van der Waals surface area contributed by atoms with Crippen LogP contribution in [0.5, 0.6) is 0 Å². The number of aliphatic hydroxyl groups excluding tert-OH is 1. The molecule has 5 heteroatoms. The molecule has 1 heterocycles. The van der Waals surface area contributed by atoms with E-state index in [2.05, 4.69) is 9.99 Å². The highest BCUT2D eigenvalue weighted by Gasteiger charge is 2.38. The molecule has 0 spiro atoms. The number of nitrogens with zero attached hydrogens (tertiary/aromatic N) is 1. The van der Waals surface area contributed by atoms with Gasteiger partial charge in [0, 0.05) is 5.56 Å². The van der Waals surface area contributed by atoms with Crippen molar-refractivity contribution in [3.63, 3.8) is 0 Å². The summed E-state index contributed by atoms with van der Waals surface area (Å²) in [6.45, 7) is 0. The van der Waals surface area contributed by atoms with Crippen molar-refractivity contribution in [1.29, 1.82) is 0 Å². The molecule has 0 unspecified atom stereocenters. The number of oxime groups is 1. The van der Waals surface area contributed by atoms with Gasteiger partial charge in [-0.15, -0.1) is 0 Å². The highest BCUT2D eigenvalue weighted by atomic mass is 16.7. The predicted molar refractivity (Wildman–Crippen MR) is 51.5 cm³/mol. The second-order valence-electron chi connectivity index (χ2n) is 3.15. The normalized spacial score (nSPS) is 24.5. The first kappa shape index (κ1) is 9.67. The number of rotatable bonds is 2. The van der Waals surface area contributed by atoms with E-state index in [1.54, 1.807) is 24.3 Å². The molecule has 15 heavy (non-hydrogen) atoms. The minimum Gasteiger partial charge on any atom is -0.478 e. The number of aliphatic carboxylic acids is 1. The Kier molecular flexibility index (Phi) is 2.39. The summed E-state index contributed by atoms with van der Waals surface area (Å²) in [6, 6.07) is 8.84. The number of hydrogen-bond acceptors (Lipinski definition) is 4. The van der Waals surface area contributed by atoms with Gasteiger partial charge in [-0.3, -0.25) is 0 Å². The lowest BCUT2D eigenvalue weighted by Gasteiger charge is -2.08. The van der Waals surface area contributed by atoms with Crippen LogP contribution in [0, 0.1) is 0 Å². The van der Waals surface area contributed by atoms with Gasteiger partial charge in [-0.2, -0.15) is 0 Å². The van der Waals surface area contributed by atoms with E-state index in [1.165, 1.54) is 0 Å². The van der Waals surface area contributed by atoms with Crippen molar-refractivity contribution in [3.8, 4) is 0 Å². The quantitative estimate of drug-likeness (QED) is 0.727. The molecule has 0 aromatic heterocycles. The molecule has 2 N–H and O–H groups in total. The number of carbonyl (C=O) groups is 1. The van der Waals surface area contributed by atoms with Gasteiger partial charge >= 0.3 is 5.97 Å². The summed E-state index contributed by atoms with van der Waals surface area (Å²) in [7, 11) is 0. The van der Waals surface area contributed by atoms with Gasteiger partial charge < -0.3 is 15.1 Å². The Balaban J connectivity index is 2.24. The van der Waals surface area contributed by atoms with Crippen LogP contribution in [0.1, 0.15) is 5.56 Å². The van der Waals surface area contributed by atoms with Crippen molar-refractivity contribution >= 4 is 11.7 Å². The van der Waals surface area contributed by atoms with Gasteiger partial charge in [-0.05, 0) is 0 Å². The first-order valence-corrected chi connectivity index (χ1v) is 4.40. The first-order valence-electron chi connectivity index (χ1n) is 4.40. The van der Waals surface area contributed by atoms with E-state index in [4.69, 9.17) is 5.11 Å². The Hall–Kier alpha value is -1.88. The topological polar surface area (TPSA) is 79.1 Å². The SMILES string of the molecule is O=C(O)[C@@H]1ON=C(c2ccccc2)[C@H]1O.